The van der Waals surface area contributed by atoms with Crippen LogP contribution < -0.4 is 0 Å². The summed E-state index contributed by atoms with van der Waals surface area (Å²) in [5.74, 6) is 0. The number of hydrogen-bond donors (Lipinski definition) is 0. The van der Waals surface area contributed by atoms with Gasteiger partial charge < -0.3 is 0 Å². The van der Waals surface area contributed by atoms with Gasteiger partial charge in [-0.2, -0.15) is 0 Å². The molecule has 0 radical (unpaired) electrons. The Kier molecular flexibility index (Phi) is 3.02. The molecule has 0 bridgehead atoms. The van der Waals surface area contributed by atoms with E-state index in [9.17, 15) is 0 Å². The van der Waals surface area contributed by atoms with Crippen LogP contribution in [0.5, 0.6) is 0 Å². The van der Waals surface area contributed by atoms with E-state index in [2.05, 4.69) is 54.6 Å². The molecule has 0 atom stereocenters. The van der Waals surface area contributed by atoms with Gasteiger partial charge in [0.2, 0.25) is 0 Å². The zero-order valence-corrected chi connectivity index (χ0v) is 12.2. The fourth-order valence-corrected chi connectivity index (χ4v) is 3.44. The fraction of sp³-hybridized carbons (Fsp3) is 0. The van der Waals surface area contributed by atoms with Crippen molar-refractivity contribution in [3.05, 3.63) is 78.9 Å². The van der Waals surface area contributed by atoms with Crippen LogP contribution in [0.15, 0.2) is 78.9 Å². The predicted molar refractivity (Wildman–Crippen MR) is 90.5 cm³/mol. The highest BCUT2D eigenvalue weighted by Gasteiger charge is 2.06. The average Bonchev–Trinajstić information content (AvgIpc) is 2.99. The Morgan fingerprint density at radius 3 is 2.05 bits per heavy atom. The Morgan fingerprint density at radius 2 is 1.33 bits per heavy atom. The summed E-state index contributed by atoms with van der Waals surface area (Å²) >= 11 is 1.79. The molecule has 2 heterocycles. The van der Waals surface area contributed by atoms with E-state index in [1.54, 1.807) is 11.3 Å². The van der Waals surface area contributed by atoms with Crippen LogP contribution in [0.1, 0.15) is 0 Å². The van der Waals surface area contributed by atoms with Crippen LogP contribution in [0.2, 0.25) is 0 Å². The van der Waals surface area contributed by atoms with E-state index in [0.29, 0.717) is 0 Å². The van der Waals surface area contributed by atoms with Crippen LogP contribution in [0.25, 0.3) is 31.9 Å². The summed E-state index contributed by atoms with van der Waals surface area (Å²) < 4.78 is 1.23. The molecular weight excluding hydrogens is 274 g/mol. The van der Waals surface area contributed by atoms with E-state index in [1.807, 2.05) is 24.3 Å². The van der Waals surface area contributed by atoms with Crippen molar-refractivity contribution in [2.45, 2.75) is 0 Å². The largest absolute Gasteiger partial charge is 0.247 e. The van der Waals surface area contributed by atoms with Gasteiger partial charge in [-0.3, -0.25) is 0 Å². The van der Waals surface area contributed by atoms with Crippen LogP contribution in [0.4, 0.5) is 0 Å². The fourth-order valence-electron chi connectivity index (χ4n) is 2.44. The van der Waals surface area contributed by atoms with Gasteiger partial charge in [-0.05, 0) is 23.8 Å². The highest BCUT2D eigenvalue weighted by Crippen LogP contribution is 2.33. The minimum absolute atomic E-state index is 1.03. The van der Waals surface area contributed by atoms with Crippen LogP contribution in [0, 0.1) is 0 Å². The maximum Gasteiger partial charge on any atom is 0.0823 e. The Morgan fingerprint density at radius 1 is 0.667 bits per heavy atom. The first-order valence-corrected chi connectivity index (χ1v) is 7.73. The van der Waals surface area contributed by atoms with Gasteiger partial charge in [-0.1, -0.05) is 60.7 Å². The molecule has 0 saturated carbocycles. The Hall–Kier alpha value is -2.45. The number of rotatable bonds is 2. The van der Waals surface area contributed by atoms with E-state index in [4.69, 9.17) is 4.98 Å². The highest BCUT2D eigenvalue weighted by molar-refractivity contribution is 7.22. The van der Waals surface area contributed by atoms with Gasteiger partial charge in [0.15, 0.2) is 0 Å². The minimum atomic E-state index is 1.03. The molecule has 0 amide bonds. The SMILES string of the molecule is c1ccc(-c2ccc3sc(-c4ccccc4)cc3n2)cc1. The molecule has 1 nitrogen and oxygen atoms in total. The molecule has 2 aromatic heterocycles. The number of aromatic nitrogens is 1. The number of thiophene rings is 1. The number of benzene rings is 2. The van der Waals surface area contributed by atoms with Gasteiger partial charge >= 0.3 is 0 Å². The second-order valence-electron chi connectivity index (χ2n) is 4.92. The molecule has 100 valence electrons. The monoisotopic (exact) mass is 287 g/mol. The molecule has 4 rings (SSSR count). The summed E-state index contributed by atoms with van der Waals surface area (Å²) in [5, 5.41) is 0. The van der Waals surface area contributed by atoms with Crippen molar-refractivity contribution in [3.8, 4) is 21.7 Å². The van der Waals surface area contributed by atoms with Gasteiger partial charge in [0, 0.05) is 10.4 Å². The minimum Gasteiger partial charge on any atom is -0.247 e. The van der Waals surface area contributed by atoms with Crippen LogP contribution in [0.3, 0.4) is 0 Å². The molecule has 0 aliphatic heterocycles. The molecule has 0 aliphatic carbocycles. The van der Waals surface area contributed by atoms with Crippen LogP contribution >= 0.6 is 11.3 Å². The van der Waals surface area contributed by atoms with Crippen molar-refractivity contribution in [3.63, 3.8) is 0 Å². The van der Waals surface area contributed by atoms with E-state index < -0.39 is 0 Å². The lowest BCUT2D eigenvalue weighted by Gasteiger charge is -1.99. The standard InChI is InChI=1S/C19H13NS/c1-3-7-14(8-4-1)16-11-12-18-17(20-16)13-19(21-18)15-9-5-2-6-10-15/h1-13H. The highest BCUT2D eigenvalue weighted by atomic mass is 32.1. The van der Waals surface area contributed by atoms with Gasteiger partial charge in [-0.25, -0.2) is 4.98 Å². The third-order valence-electron chi connectivity index (χ3n) is 3.50. The van der Waals surface area contributed by atoms with Crippen LogP contribution in [-0.2, 0) is 0 Å². The summed E-state index contributed by atoms with van der Waals surface area (Å²) in [5.41, 5.74) is 4.51. The first-order valence-electron chi connectivity index (χ1n) is 6.91. The average molecular weight is 287 g/mol. The second kappa shape index (κ2) is 5.15. The molecule has 0 unspecified atom stereocenters. The summed E-state index contributed by atoms with van der Waals surface area (Å²) in [6.45, 7) is 0. The maximum absolute atomic E-state index is 4.80. The maximum atomic E-state index is 4.80. The zero-order chi connectivity index (χ0) is 14.1. The van der Waals surface area contributed by atoms with Crippen molar-refractivity contribution in [1.82, 2.24) is 4.98 Å². The van der Waals surface area contributed by atoms with Crippen molar-refractivity contribution < 1.29 is 0 Å². The zero-order valence-electron chi connectivity index (χ0n) is 11.4. The van der Waals surface area contributed by atoms with Gasteiger partial charge in [0.1, 0.15) is 0 Å². The van der Waals surface area contributed by atoms with Gasteiger partial charge in [0.25, 0.3) is 0 Å². The quantitative estimate of drug-likeness (QED) is 0.465. The van der Waals surface area contributed by atoms with Gasteiger partial charge in [0.05, 0.1) is 15.9 Å². The van der Waals surface area contributed by atoms with E-state index in [0.717, 1.165) is 16.8 Å². The third kappa shape index (κ3) is 2.34. The first kappa shape index (κ1) is 12.3. The lowest BCUT2D eigenvalue weighted by molar-refractivity contribution is 1.41. The van der Waals surface area contributed by atoms with E-state index in [1.165, 1.54) is 15.1 Å². The van der Waals surface area contributed by atoms with Crippen molar-refractivity contribution >= 4 is 21.6 Å². The molecular formula is C19H13NS. The van der Waals surface area contributed by atoms with Crippen molar-refractivity contribution in [2.75, 3.05) is 0 Å². The number of pyridine rings is 1. The van der Waals surface area contributed by atoms with E-state index in [-0.39, 0.29) is 0 Å². The molecule has 2 heteroatoms. The summed E-state index contributed by atoms with van der Waals surface area (Å²) in [6.07, 6.45) is 0. The molecule has 0 aliphatic rings. The lowest BCUT2D eigenvalue weighted by atomic mass is 10.1. The topological polar surface area (TPSA) is 12.9 Å². The molecule has 0 fully saturated rings. The molecule has 2 aromatic carbocycles. The van der Waals surface area contributed by atoms with Crippen LogP contribution in [-0.4, -0.2) is 4.98 Å². The molecule has 21 heavy (non-hydrogen) atoms. The normalized spacial score (nSPS) is 10.9. The Bertz CT molecular complexity index is 842. The number of hydrogen-bond acceptors (Lipinski definition) is 2. The third-order valence-corrected chi connectivity index (χ3v) is 4.64. The summed E-state index contributed by atoms with van der Waals surface area (Å²) in [4.78, 5) is 6.07. The molecule has 0 saturated heterocycles. The second-order valence-corrected chi connectivity index (χ2v) is 6.01. The summed E-state index contributed by atoms with van der Waals surface area (Å²) in [6, 6.07) is 27.2. The number of nitrogens with zero attached hydrogens (tertiary/aromatic N) is 1. The van der Waals surface area contributed by atoms with Crippen molar-refractivity contribution in [2.24, 2.45) is 0 Å². The Balaban J connectivity index is 1.82. The van der Waals surface area contributed by atoms with Crippen molar-refractivity contribution in [1.29, 1.82) is 0 Å². The van der Waals surface area contributed by atoms with Gasteiger partial charge in [-0.15, -0.1) is 11.3 Å². The number of fused-ring (bicyclic) bond motifs is 1. The molecule has 0 N–H and O–H groups in total. The molecule has 4 aromatic rings. The lowest BCUT2D eigenvalue weighted by Crippen LogP contribution is -1.81. The summed E-state index contributed by atoms with van der Waals surface area (Å²) in [7, 11) is 0. The first-order chi connectivity index (χ1) is 10.4. The predicted octanol–water partition coefficient (Wildman–Crippen LogP) is 5.63. The smallest absolute Gasteiger partial charge is 0.0823 e. The Labute approximate surface area is 127 Å². The molecule has 0 spiro atoms. The van der Waals surface area contributed by atoms with E-state index >= 15 is 0 Å².